The van der Waals surface area contributed by atoms with Crippen molar-refractivity contribution in [3.05, 3.63) is 41.8 Å². The Balaban J connectivity index is 2.92. The largest absolute Gasteiger partial charge is 0.224 e. The Bertz CT molecular complexity index is 638. The van der Waals surface area contributed by atoms with Gasteiger partial charge in [0.2, 0.25) is 0 Å². The van der Waals surface area contributed by atoms with Crippen LogP contribution in [0, 0.1) is 0 Å². The highest BCUT2D eigenvalue weighted by molar-refractivity contribution is 7.96. The molecule has 0 atom stereocenters. The van der Waals surface area contributed by atoms with Crippen molar-refractivity contribution in [2.45, 2.75) is 24.7 Å². The van der Waals surface area contributed by atoms with Crippen molar-refractivity contribution in [1.29, 1.82) is 0 Å². The van der Waals surface area contributed by atoms with Crippen LogP contribution >= 0.6 is 0 Å². The summed E-state index contributed by atoms with van der Waals surface area (Å²) < 4.78 is 46.4. The molecule has 0 unspecified atom stereocenters. The lowest BCUT2D eigenvalue weighted by molar-refractivity contribution is 0.591. The molecule has 106 valence electrons. The molecule has 1 aromatic carbocycles. The highest BCUT2D eigenvalue weighted by atomic mass is 32.2. The van der Waals surface area contributed by atoms with Gasteiger partial charge in [0.05, 0.1) is 16.4 Å². The van der Waals surface area contributed by atoms with Crippen LogP contribution in [0.1, 0.15) is 25.3 Å². The third-order valence-electron chi connectivity index (χ3n) is 2.80. The molecule has 0 spiro atoms. The first-order chi connectivity index (χ1) is 8.68. The van der Waals surface area contributed by atoms with Crippen LogP contribution in [0.25, 0.3) is 0 Å². The second kappa shape index (κ2) is 5.88. The SMILES string of the molecule is C=CS(=O)(=O)CCS(=O)(=O)c1ccc(C(C)C)cc1. The number of hydrogen-bond donors (Lipinski definition) is 0. The van der Waals surface area contributed by atoms with Gasteiger partial charge in [-0.15, -0.1) is 0 Å². The van der Waals surface area contributed by atoms with E-state index in [-0.39, 0.29) is 4.90 Å². The van der Waals surface area contributed by atoms with Crippen LogP contribution in [-0.4, -0.2) is 28.3 Å². The summed E-state index contributed by atoms with van der Waals surface area (Å²) in [6.07, 6.45) is 0. The lowest BCUT2D eigenvalue weighted by atomic mass is 10.0. The Hall–Kier alpha value is -1.14. The Morgan fingerprint density at radius 1 is 1.05 bits per heavy atom. The molecule has 0 saturated heterocycles. The zero-order valence-electron chi connectivity index (χ0n) is 11.0. The molecule has 1 aromatic rings. The molecule has 4 nitrogen and oxygen atoms in total. The van der Waals surface area contributed by atoms with Crippen molar-refractivity contribution >= 4 is 19.7 Å². The van der Waals surface area contributed by atoms with Crippen LogP contribution in [0.5, 0.6) is 0 Å². The van der Waals surface area contributed by atoms with E-state index in [4.69, 9.17) is 0 Å². The highest BCUT2D eigenvalue weighted by Gasteiger charge is 2.18. The van der Waals surface area contributed by atoms with Gasteiger partial charge in [-0.1, -0.05) is 32.6 Å². The predicted octanol–water partition coefficient (Wildman–Crippen LogP) is 2.14. The summed E-state index contributed by atoms with van der Waals surface area (Å²) in [5.41, 5.74) is 1.04. The van der Waals surface area contributed by atoms with E-state index in [2.05, 4.69) is 6.58 Å². The van der Waals surface area contributed by atoms with Gasteiger partial charge in [0.25, 0.3) is 0 Å². The van der Waals surface area contributed by atoms with Crippen molar-refractivity contribution in [3.63, 3.8) is 0 Å². The molecule has 19 heavy (non-hydrogen) atoms. The fourth-order valence-electron chi connectivity index (χ4n) is 1.49. The van der Waals surface area contributed by atoms with E-state index in [1.807, 2.05) is 13.8 Å². The topological polar surface area (TPSA) is 68.3 Å². The summed E-state index contributed by atoms with van der Waals surface area (Å²) in [6, 6.07) is 6.54. The fraction of sp³-hybridized carbons (Fsp3) is 0.385. The van der Waals surface area contributed by atoms with Crippen LogP contribution in [0.2, 0.25) is 0 Å². The molecule has 0 radical (unpaired) electrons. The summed E-state index contributed by atoms with van der Waals surface area (Å²) in [7, 11) is -7.07. The minimum absolute atomic E-state index is 0.149. The maximum Gasteiger partial charge on any atom is 0.179 e. The van der Waals surface area contributed by atoms with Gasteiger partial charge in [0, 0.05) is 5.41 Å². The lowest BCUT2D eigenvalue weighted by Gasteiger charge is -2.07. The van der Waals surface area contributed by atoms with Crippen molar-refractivity contribution in [3.8, 4) is 0 Å². The van der Waals surface area contributed by atoms with Crippen molar-refractivity contribution < 1.29 is 16.8 Å². The minimum atomic E-state index is -3.57. The van der Waals surface area contributed by atoms with Gasteiger partial charge in [-0.25, -0.2) is 16.8 Å². The number of hydrogen-bond acceptors (Lipinski definition) is 4. The third kappa shape index (κ3) is 4.47. The first kappa shape index (κ1) is 15.9. The average Bonchev–Trinajstić information content (AvgIpc) is 2.37. The molecule has 0 aliphatic carbocycles. The molecule has 0 amide bonds. The maximum atomic E-state index is 12.0. The van der Waals surface area contributed by atoms with E-state index < -0.39 is 31.2 Å². The van der Waals surface area contributed by atoms with E-state index in [1.165, 1.54) is 12.1 Å². The van der Waals surface area contributed by atoms with Gasteiger partial charge < -0.3 is 0 Å². The van der Waals surface area contributed by atoms with Gasteiger partial charge in [-0.05, 0) is 23.6 Å². The Labute approximate surface area is 115 Å². The van der Waals surface area contributed by atoms with Gasteiger partial charge in [-0.2, -0.15) is 0 Å². The molecule has 0 aromatic heterocycles. The van der Waals surface area contributed by atoms with Gasteiger partial charge >= 0.3 is 0 Å². The van der Waals surface area contributed by atoms with E-state index in [9.17, 15) is 16.8 Å². The second-order valence-electron chi connectivity index (χ2n) is 4.58. The standard InChI is InChI=1S/C13H18O4S2/c1-4-18(14,15)9-10-19(16,17)13-7-5-12(6-8-13)11(2)3/h4-8,11H,1,9-10H2,2-3H3. The minimum Gasteiger partial charge on any atom is -0.224 e. The Morgan fingerprint density at radius 3 is 2.00 bits per heavy atom. The number of rotatable bonds is 6. The van der Waals surface area contributed by atoms with E-state index in [0.717, 1.165) is 11.0 Å². The quantitative estimate of drug-likeness (QED) is 0.807. The smallest absolute Gasteiger partial charge is 0.179 e. The predicted molar refractivity (Wildman–Crippen MR) is 76.6 cm³/mol. The number of sulfone groups is 2. The zero-order valence-corrected chi connectivity index (χ0v) is 12.7. The summed E-state index contributed by atoms with van der Waals surface area (Å²) in [5, 5.41) is 0.782. The van der Waals surface area contributed by atoms with E-state index >= 15 is 0 Å². The molecule has 0 aliphatic heterocycles. The molecule has 0 aliphatic rings. The van der Waals surface area contributed by atoms with Crippen molar-refractivity contribution in [1.82, 2.24) is 0 Å². The van der Waals surface area contributed by atoms with Gasteiger partial charge in [0.1, 0.15) is 0 Å². The lowest BCUT2D eigenvalue weighted by Crippen LogP contribution is -2.15. The van der Waals surface area contributed by atoms with E-state index in [1.54, 1.807) is 12.1 Å². The summed E-state index contributed by atoms with van der Waals surface area (Å²) in [4.78, 5) is 0.149. The normalized spacial score (nSPS) is 12.6. The maximum absolute atomic E-state index is 12.0. The molecule has 0 heterocycles. The van der Waals surface area contributed by atoms with Crippen molar-refractivity contribution in [2.75, 3.05) is 11.5 Å². The van der Waals surface area contributed by atoms with Crippen LogP contribution in [-0.2, 0) is 19.7 Å². The molecular formula is C13H18O4S2. The average molecular weight is 302 g/mol. The van der Waals surface area contributed by atoms with Crippen LogP contribution in [0.15, 0.2) is 41.1 Å². The van der Waals surface area contributed by atoms with Crippen molar-refractivity contribution in [2.24, 2.45) is 0 Å². The monoisotopic (exact) mass is 302 g/mol. The summed E-state index contributed by atoms with van der Waals surface area (Å²) >= 11 is 0. The Kier molecular flexibility index (Phi) is 4.92. The molecule has 1 rings (SSSR count). The third-order valence-corrected chi connectivity index (χ3v) is 6.07. The Morgan fingerprint density at radius 2 is 1.58 bits per heavy atom. The second-order valence-corrected chi connectivity index (χ2v) is 8.75. The molecular weight excluding hydrogens is 284 g/mol. The van der Waals surface area contributed by atoms with E-state index in [0.29, 0.717) is 5.92 Å². The summed E-state index contributed by atoms with van der Waals surface area (Å²) in [6.45, 7) is 7.18. The zero-order chi connectivity index (χ0) is 14.7. The van der Waals surface area contributed by atoms with Crippen LogP contribution in [0.3, 0.4) is 0 Å². The summed E-state index contributed by atoms with van der Waals surface area (Å²) in [5.74, 6) is -0.550. The van der Waals surface area contributed by atoms with Gasteiger partial charge in [0.15, 0.2) is 19.7 Å². The highest BCUT2D eigenvalue weighted by Crippen LogP contribution is 2.18. The molecule has 0 fully saturated rings. The molecule has 0 saturated carbocycles. The van der Waals surface area contributed by atoms with Crippen LogP contribution < -0.4 is 0 Å². The molecule has 0 N–H and O–H groups in total. The fourth-order valence-corrected chi connectivity index (χ4v) is 4.25. The molecule has 6 heteroatoms. The van der Waals surface area contributed by atoms with Crippen LogP contribution in [0.4, 0.5) is 0 Å². The molecule has 0 bridgehead atoms. The number of benzene rings is 1. The van der Waals surface area contributed by atoms with Gasteiger partial charge in [-0.3, -0.25) is 0 Å². The first-order valence-corrected chi connectivity index (χ1v) is 9.22. The first-order valence-electron chi connectivity index (χ1n) is 5.86.